The molecule has 0 aliphatic carbocycles. The van der Waals surface area contributed by atoms with Crippen molar-refractivity contribution in [3.63, 3.8) is 0 Å². The molecule has 0 atom stereocenters. The minimum Gasteiger partial charge on any atom is -0.356 e. The van der Waals surface area contributed by atoms with Gasteiger partial charge in [0, 0.05) is 17.9 Å². The van der Waals surface area contributed by atoms with Gasteiger partial charge in [0.05, 0.1) is 0 Å². The van der Waals surface area contributed by atoms with Crippen LogP contribution in [0.15, 0.2) is 40.6 Å². The fourth-order valence-electron chi connectivity index (χ4n) is 2.05. The lowest BCUT2D eigenvalue weighted by atomic mass is 10.1. The normalized spacial score (nSPS) is 13.2. The van der Waals surface area contributed by atoms with Crippen molar-refractivity contribution < 1.29 is 33.5 Å². The van der Waals surface area contributed by atoms with Gasteiger partial charge < -0.3 is 24.9 Å². The molecular formula is C19H33NO7P2S. The minimum atomic E-state index is -4.77. The van der Waals surface area contributed by atoms with Crippen molar-refractivity contribution in [3.05, 3.63) is 41.3 Å². The molecule has 5 N–H and O–H groups in total. The third-order valence-electron chi connectivity index (χ3n) is 4.42. The first kappa shape index (κ1) is 29.1. The van der Waals surface area contributed by atoms with Crippen molar-refractivity contribution in [2.45, 2.75) is 63.2 Å². The molecule has 11 heteroatoms. The number of fused-ring (bicyclic) bond motifs is 1. The van der Waals surface area contributed by atoms with Gasteiger partial charge in [0.15, 0.2) is 4.90 Å². The van der Waals surface area contributed by atoms with E-state index in [9.17, 15) is 13.9 Å². The summed E-state index contributed by atoms with van der Waals surface area (Å²) < 4.78 is 21.5. The van der Waals surface area contributed by atoms with E-state index in [2.05, 4.69) is 41.1 Å². The molecule has 0 aromatic heterocycles. The van der Waals surface area contributed by atoms with Crippen molar-refractivity contribution >= 4 is 32.9 Å². The molecular weight excluding hydrogens is 448 g/mol. The van der Waals surface area contributed by atoms with Gasteiger partial charge in [0.25, 0.3) is 0 Å². The number of carbonyl (C=O) groups is 1. The number of carbonyl (C=O) groups excluding carboxylic acids is 1. The van der Waals surface area contributed by atoms with Crippen molar-refractivity contribution in [2.24, 2.45) is 0 Å². The first-order valence-corrected chi connectivity index (χ1v) is 13.7. The van der Waals surface area contributed by atoms with Crippen LogP contribution < -0.4 is 5.32 Å². The monoisotopic (exact) mass is 481 g/mol. The molecule has 1 amide bonds. The highest BCUT2D eigenvalue weighted by Crippen LogP contribution is 2.70. The lowest BCUT2D eigenvalue weighted by Crippen LogP contribution is -2.23. The Hall–Kier alpha value is -0.920. The number of allylic oxidation sites excluding steroid dienone is 1. The number of amides is 1. The molecule has 0 fully saturated rings. The Morgan fingerprint density at radius 1 is 1.10 bits per heavy atom. The highest BCUT2D eigenvalue weighted by atomic mass is 32.2. The van der Waals surface area contributed by atoms with Gasteiger partial charge >= 0.3 is 15.2 Å². The first-order valence-electron chi connectivity index (χ1n) is 9.61. The summed E-state index contributed by atoms with van der Waals surface area (Å²) >= 11 is 1.81. The van der Waals surface area contributed by atoms with Crippen LogP contribution in [-0.4, -0.2) is 36.9 Å². The van der Waals surface area contributed by atoms with E-state index in [4.69, 9.17) is 19.6 Å². The summed E-state index contributed by atoms with van der Waals surface area (Å²) in [4.78, 5) is 44.4. The van der Waals surface area contributed by atoms with Crippen LogP contribution in [0.4, 0.5) is 0 Å². The van der Waals surface area contributed by atoms with Gasteiger partial charge in [-0.1, -0.05) is 56.8 Å². The summed E-state index contributed by atoms with van der Waals surface area (Å²) in [5.41, 5.74) is 1.45. The van der Waals surface area contributed by atoms with Crippen LogP contribution in [0, 0.1) is 0 Å². The fourth-order valence-corrected chi connectivity index (χ4v) is 5.04. The Kier molecular flexibility index (Phi) is 13.1. The van der Waals surface area contributed by atoms with E-state index in [1.54, 1.807) is 0 Å². The molecule has 0 saturated heterocycles. The highest BCUT2D eigenvalue weighted by molar-refractivity contribution is 8.02. The zero-order valence-electron chi connectivity index (χ0n) is 17.8. The quantitative estimate of drug-likeness (QED) is 0.380. The van der Waals surface area contributed by atoms with Gasteiger partial charge in [-0.15, -0.1) is 0 Å². The first-order chi connectivity index (χ1) is 13.8. The Morgan fingerprint density at radius 2 is 1.67 bits per heavy atom. The maximum Gasteiger partial charge on any atom is 0.343 e. The van der Waals surface area contributed by atoms with Crippen LogP contribution >= 0.6 is 27.0 Å². The number of nitrogens with one attached hydrogen (secondary N) is 1. The van der Waals surface area contributed by atoms with E-state index in [1.807, 2.05) is 25.6 Å². The van der Waals surface area contributed by atoms with Gasteiger partial charge in [-0.2, -0.15) is 0 Å². The van der Waals surface area contributed by atoms with Gasteiger partial charge in [-0.05, 0) is 43.2 Å². The molecule has 1 aromatic carbocycles. The molecule has 1 aliphatic rings. The standard InChI is InChI=1S/C9H8S.C6H13NO.C4H12O6P2/c1-2-6-9-8(4-1)5-3-7-10-9;1-3-5-7-6(8)4-2;1-3-4(2,11(5,6)7)12(8,9)10/h1-4,6-7H,5H2;3-5H2,1-2H3,(H,7,8);3H2,1-2H3,(H2,5,6,7)(H2,8,9,10). The Balaban J connectivity index is 0.000000429. The number of hydrogen-bond donors (Lipinski definition) is 5. The molecule has 0 radical (unpaired) electrons. The van der Waals surface area contributed by atoms with Gasteiger partial charge in [-0.3, -0.25) is 13.9 Å². The number of rotatable bonds is 6. The second-order valence-electron chi connectivity index (χ2n) is 6.66. The van der Waals surface area contributed by atoms with E-state index in [-0.39, 0.29) is 12.3 Å². The third kappa shape index (κ3) is 9.48. The van der Waals surface area contributed by atoms with Crippen molar-refractivity contribution in [1.29, 1.82) is 0 Å². The highest BCUT2D eigenvalue weighted by Gasteiger charge is 2.54. The maximum atomic E-state index is 10.7. The van der Waals surface area contributed by atoms with Crippen LogP contribution in [0.2, 0.25) is 0 Å². The zero-order chi connectivity index (χ0) is 23.4. The molecule has 1 heterocycles. The largest absolute Gasteiger partial charge is 0.356 e. The molecule has 172 valence electrons. The molecule has 30 heavy (non-hydrogen) atoms. The maximum absolute atomic E-state index is 10.7. The minimum absolute atomic E-state index is 0.145. The summed E-state index contributed by atoms with van der Waals surface area (Å²) in [6, 6.07) is 8.54. The Morgan fingerprint density at radius 3 is 2.07 bits per heavy atom. The average Bonchev–Trinajstić information content (AvgIpc) is 2.70. The summed E-state index contributed by atoms with van der Waals surface area (Å²) in [5, 5.41) is 4.90. The van der Waals surface area contributed by atoms with Crippen molar-refractivity contribution in [3.8, 4) is 0 Å². The van der Waals surface area contributed by atoms with Crippen LogP contribution in [-0.2, 0) is 20.3 Å². The lowest BCUT2D eigenvalue weighted by Gasteiger charge is -2.29. The Labute approximate surface area is 182 Å². The predicted octanol–water partition coefficient (Wildman–Crippen LogP) is 4.24. The van der Waals surface area contributed by atoms with Crippen LogP contribution in [0.3, 0.4) is 0 Å². The molecule has 0 spiro atoms. The van der Waals surface area contributed by atoms with Gasteiger partial charge in [0.1, 0.15) is 0 Å². The molecule has 0 unspecified atom stereocenters. The fraction of sp³-hybridized carbons (Fsp3) is 0.526. The van der Waals surface area contributed by atoms with E-state index in [1.165, 1.54) is 17.4 Å². The molecule has 0 saturated carbocycles. The van der Waals surface area contributed by atoms with E-state index < -0.39 is 20.1 Å². The summed E-state index contributed by atoms with van der Waals surface area (Å²) in [7, 11) is -9.54. The van der Waals surface area contributed by atoms with Crippen LogP contribution in [0.1, 0.15) is 52.5 Å². The van der Waals surface area contributed by atoms with E-state index in [0.717, 1.165) is 26.3 Å². The number of thioether (sulfide) groups is 1. The SMILES string of the molecule is C1=CSc2ccccc2C1.CCC(C)(P(=O)(O)O)P(=O)(O)O.CCCNC(=O)CC. The van der Waals surface area contributed by atoms with E-state index in [0.29, 0.717) is 6.42 Å². The number of benzene rings is 1. The summed E-state index contributed by atoms with van der Waals surface area (Å²) in [6.45, 7) is 6.90. The second-order valence-corrected chi connectivity index (χ2v) is 12.1. The lowest BCUT2D eigenvalue weighted by molar-refractivity contribution is -0.120. The van der Waals surface area contributed by atoms with Crippen LogP contribution in [0.25, 0.3) is 0 Å². The Bertz CT molecular complexity index is 740. The van der Waals surface area contributed by atoms with Gasteiger partial charge in [0.2, 0.25) is 5.91 Å². The molecule has 2 rings (SSSR count). The average molecular weight is 481 g/mol. The molecule has 0 bridgehead atoms. The molecule has 1 aromatic rings. The summed E-state index contributed by atoms with van der Waals surface area (Å²) in [6.07, 6.45) is 4.64. The topological polar surface area (TPSA) is 144 Å². The molecule has 1 aliphatic heterocycles. The van der Waals surface area contributed by atoms with Crippen molar-refractivity contribution in [2.75, 3.05) is 6.54 Å². The third-order valence-corrected chi connectivity index (χ3v) is 10.1. The second kappa shape index (κ2) is 13.5. The van der Waals surface area contributed by atoms with Crippen LogP contribution in [0.5, 0.6) is 0 Å². The summed E-state index contributed by atoms with van der Waals surface area (Å²) in [5.74, 6) is 0.145. The van der Waals surface area contributed by atoms with E-state index >= 15 is 0 Å². The van der Waals surface area contributed by atoms with Gasteiger partial charge in [-0.25, -0.2) is 0 Å². The number of hydrogen-bond acceptors (Lipinski definition) is 4. The zero-order valence-corrected chi connectivity index (χ0v) is 20.4. The van der Waals surface area contributed by atoms with Crippen molar-refractivity contribution in [1.82, 2.24) is 5.32 Å². The predicted molar refractivity (Wildman–Crippen MR) is 122 cm³/mol. The smallest absolute Gasteiger partial charge is 0.343 e. The molecule has 8 nitrogen and oxygen atoms in total.